The average molecular weight is 397 g/mol. The molecule has 0 aliphatic rings. The van der Waals surface area contributed by atoms with Crippen LogP contribution in [0.4, 0.5) is 0 Å². The quantitative estimate of drug-likeness (QED) is 0.526. The summed E-state index contributed by atoms with van der Waals surface area (Å²) >= 11 is 3.32. The fourth-order valence-corrected chi connectivity index (χ4v) is 2.26. The van der Waals surface area contributed by atoms with Gasteiger partial charge in [0.2, 0.25) is 5.91 Å². The van der Waals surface area contributed by atoms with Gasteiger partial charge in [0.25, 0.3) is 5.91 Å². The third-order valence-electron chi connectivity index (χ3n) is 2.76. The van der Waals surface area contributed by atoms with Crippen LogP contribution in [0.5, 0.6) is 11.5 Å². The second kappa shape index (κ2) is 9.52. The number of nitriles is 1. The number of nitrogens with two attached hydrogens (primary N) is 1. The number of primary amides is 1. The van der Waals surface area contributed by atoms with Crippen molar-refractivity contribution in [2.75, 3.05) is 20.3 Å². The maximum Gasteiger partial charge on any atom is 0.255 e. The molecule has 0 fully saturated rings. The van der Waals surface area contributed by atoms with Crippen LogP contribution in [0, 0.1) is 11.3 Å². The van der Waals surface area contributed by atoms with Gasteiger partial charge in [0.15, 0.2) is 18.1 Å². The van der Waals surface area contributed by atoms with Crippen molar-refractivity contribution in [2.45, 2.75) is 13.3 Å². The van der Waals surface area contributed by atoms with Gasteiger partial charge in [-0.25, -0.2) is 5.01 Å². The monoisotopic (exact) mass is 396 g/mol. The van der Waals surface area contributed by atoms with E-state index in [2.05, 4.69) is 21.0 Å². The lowest BCUT2D eigenvalue weighted by atomic mass is 10.2. The predicted octanol–water partition coefficient (Wildman–Crippen LogP) is 1.42. The standard InChI is InChI=1S/C15H17BrN4O4/c1-10(21)20(5-3-4-17)19-8-11-6-12(16)15(13(7-11)23-2)24-9-14(18)22/h6-8H,3,5,9H2,1-2H3,(H2,18,22)/b19-8-. The molecule has 0 atom stereocenters. The molecule has 0 bridgehead atoms. The molecule has 1 aromatic rings. The summed E-state index contributed by atoms with van der Waals surface area (Å²) in [5, 5.41) is 13.9. The first-order valence-corrected chi connectivity index (χ1v) is 7.66. The molecule has 8 nitrogen and oxygen atoms in total. The molecule has 9 heteroatoms. The minimum absolute atomic E-state index is 0.184. The highest BCUT2D eigenvalue weighted by Crippen LogP contribution is 2.36. The number of halogens is 1. The molecule has 0 heterocycles. The molecule has 0 saturated heterocycles. The molecule has 0 spiro atoms. The minimum atomic E-state index is -0.607. The number of hydrogen-bond donors (Lipinski definition) is 1. The summed E-state index contributed by atoms with van der Waals surface area (Å²) in [7, 11) is 1.45. The summed E-state index contributed by atoms with van der Waals surface area (Å²) < 4.78 is 11.1. The zero-order valence-electron chi connectivity index (χ0n) is 13.3. The van der Waals surface area contributed by atoms with Gasteiger partial charge in [0.05, 0.1) is 36.8 Å². The van der Waals surface area contributed by atoms with Gasteiger partial charge in [-0.2, -0.15) is 10.4 Å². The first-order chi connectivity index (χ1) is 11.4. The zero-order chi connectivity index (χ0) is 18.1. The Kier molecular flexibility index (Phi) is 7.71. The Hall–Kier alpha value is -2.60. The Bertz CT molecular complexity index is 685. The molecule has 128 valence electrons. The van der Waals surface area contributed by atoms with E-state index in [1.54, 1.807) is 12.1 Å². The normalized spacial score (nSPS) is 10.2. The van der Waals surface area contributed by atoms with Crippen molar-refractivity contribution in [2.24, 2.45) is 10.8 Å². The number of nitrogens with zero attached hydrogens (tertiary/aromatic N) is 3. The SMILES string of the molecule is COc1cc(/C=N\N(CCC#N)C(C)=O)cc(Br)c1OCC(N)=O. The molecule has 2 amide bonds. The molecule has 0 aliphatic carbocycles. The van der Waals surface area contributed by atoms with E-state index in [0.717, 1.165) is 0 Å². The zero-order valence-corrected chi connectivity index (χ0v) is 14.9. The van der Waals surface area contributed by atoms with Crippen LogP contribution in [0.1, 0.15) is 18.9 Å². The fourth-order valence-electron chi connectivity index (χ4n) is 1.69. The number of benzene rings is 1. The summed E-state index contributed by atoms with van der Waals surface area (Å²) in [5.74, 6) is -0.169. The number of carbonyl (C=O) groups excluding carboxylic acids is 2. The maximum atomic E-state index is 11.5. The lowest BCUT2D eigenvalue weighted by molar-refractivity contribution is -0.128. The Morgan fingerprint density at radius 3 is 2.75 bits per heavy atom. The fraction of sp³-hybridized carbons (Fsp3) is 0.333. The molecular formula is C15H17BrN4O4. The van der Waals surface area contributed by atoms with E-state index in [4.69, 9.17) is 20.5 Å². The lowest BCUT2D eigenvalue weighted by Gasteiger charge is -2.14. The van der Waals surface area contributed by atoms with E-state index < -0.39 is 5.91 Å². The van der Waals surface area contributed by atoms with Crippen LogP contribution in [0.2, 0.25) is 0 Å². The number of carbonyl (C=O) groups is 2. The second-order valence-electron chi connectivity index (χ2n) is 4.58. The van der Waals surface area contributed by atoms with Gasteiger partial charge >= 0.3 is 0 Å². The van der Waals surface area contributed by atoms with Gasteiger partial charge in [0, 0.05) is 6.92 Å². The molecule has 0 aromatic heterocycles. The average Bonchev–Trinajstić information content (AvgIpc) is 2.52. The van der Waals surface area contributed by atoms with Crippen molar-refractivity contribution in [3.8, 4) is 17.6 Å². The molecule has 0 unspecified atom stereocenters. The Morgan fingerprint density at radius 2 is 2.21 bits per heavy atom. The van der Waals surface area contributed by atoms with E-state index in [1.165, 1.54) is 25.3 Å². The van der Waals surface area contributed by atoms with E-state index in [9.17, 15) is 9.59 Å². The number of amides is 2. The van der Waals surface area contributed by atoms with Gasteiger partial charge < -0.3 is 15.2 Å². The van der Waals surface area contributed by atoms with Gasteiger partial charge in [-0.05, 0) is 33.6 Å². The Morgan fingerprint density at radius 1 is 1.50 bits per heavy atom. The van der Waals surface area contributed by atoms with Crippen LogP contribution >= 0.6 is 15.9 Å². The highest BCUT2D eigenvalue weighted by atomic mass is 79.9. The van der Waals surface area contributed by atoms with E-state index >= 15 is 0 Å². The summed E-state index contributed by atoms with van der Waals surface area (Å²) in [4.78, 5) is 22.3. The topological polar surface area (TPSA) is 118 Å². The summed E-state index contributed by atoms with van der Waals surface area (Å²) in [6.45, 7) is 1.29. The van der Waals surface area contributed by atoms with Crippen molar-refractivity contribution < 1.29 is 19.1 Å². The summed E-state index contributed by atoms with van der Waals surface area (Å²) in [6, 6.07) is 5.28. The number of hydrazone groups is 1. The smallest absolute Gasteiger partial charge is 0.255 e. The minimum Gasteiger partial charge on any atom is -0.493 e. The van der Waals surface area contributed by atoms with Crippen molar-refractivity contribution in [1.29, 1.82) is 5.26 Å². The third-order valence-corrected chi connectivity index (χ3v) is 3.34. The van der Waals surface area contributed by atoms with Gasteiger partial charge in [0.1, 0.15) is 0 Å². The van der Waals surface area contributed by atoms with Gasteiger partial charge in [-0.15, -0.1) is 0 Å². The van der Waals surface area contributed by atoms with Crippen LogP contribution in [0.3, 0.4) is 0 Å². The number of rotatable bonds is 8. The third kappa shape index (κ3) is 5.89. The number of methoxy groups -OCH3 is 1. The number of ether oxygens (including phenoxy) is 2. The summed E-state index contributed by atoms with van der Waals surface area (Å²) in [5.41, 5.74) is 5.69. The van der Waals surface area contributed by atoms with Crippen LogP contribution in [0.25, 0.3) is 0 Å². The molecule has 0 radical (unpaired) electrons. The van der Waals surface area contributed by atoms with Gasteiger partial charge in [-0.1, -0.05) is 0 Å². The molecule has 1 aromatic carbocycles. The maximum absolute atomic E-state index is 11.5. The molecule has 0 saturated carbocycles. The van der Waals surface area contributed by atoms with Crippen LogP contribution in [-0.4, -0.2) is 43.3 Å². The van der Waals surface area contributed by atoms with Crippen LogP contribution in [0.15, 0.2) is 21.7 Å². The van der Waals surface area contributed by atoms with Crippen molar-refractivity contribution in [3.63, 3.8) is 0 Å². The summed E-state index contributed by atoms with van der Waals surface area (Å²) in [6.07, 6.45) is 1.65. The Balaban J connectivity index is 3.02. The number of hydrogen-bond acceptors (Lipinski definition) is 6. The van der Waals surface area contributed by atoms with Gasteiger partial charge in [-0.3, -0.25) is 9.59 Å². The van der Waals surface area contributed by atoms with Crippen molar-refractivity contribution in [3.05, 3.63) is 22.2 Å². The molecule has 2 N–H and O–H groups in total. The first-order valence-electron chi connectivity index (χ1n) is 6.86. The molecule has 1 rings (SSSR count). The lowest BCUT2D eigenvalue weighted by Crippen LogP contribution is -2.24. The van der Waals surface area contributed by atoms with Crippen molar-refractivity contribution in [1.82, 2.24) is 5.01 Å². The van der Waals surface area contributed by atoms with Crippen LogP contribution < -0.4 is 15.2 Å². The molecule has 24 heavy (non-hydrogen) atoms. The predicted molar refractivity (Wildman–Crippen MR) is 90.6 cm³/mol. The van der Waals surface area contributed by atoms with E-state index in [0.29, 0.717) is 21.5 Å². The van der Waals surface area contributed by atoms with Crippen LogP contribution in [-0.2, 0) is 9.59 Å². The Labute approximate surface area is 147 Å². The second-order valence-corrected chi connectivity index (χ2v) is 5.44. The highest BCUT2D eigenvalue weighted by Gasteiger charge is 2.13. The van der Waals surface area contributed by atoms with E-state index in [-0.39, 0.29) is 25.5 Å². The highest BCUT2D eigenvalue weighted by molar-refractivity contribution is 9.10. The molecular weight excluding hydrogens is 380 g/mol. The van der Waals surface area contributed by atoms with E-state index in [1.807, 2.05) is 6.07 Å². The molecule has 0 aliphatic heterocycles. The van der Waals surface area contributed by atoms with Crippen molar-refractivity contribution >= 4 is 34.0 Å². The largest absolute Gasteiger partial charge is 0.493 e. The first kappa shape index (κ1) is 19.4.